The zero-order valence-electron chi connectivity index (χ0n) is 8.26. The lowest BCUT2D eigenvalue weighted by Crippen LogP contribution is -2.52. The predicted octanol–water partition coefficient (Wildman–Crippen LogP) is 0.823. The average molecular weight is 208 g/mol. The molecule has 0 unspecified atom stereocenters. The first-order valence-electron chi connectivity index (χ1n) is 4.47. The summed E-state index contributed by atoms with van der Waals surface area (Å²) in [4.78, 5) is 0. The number of methoxy groups -OCH3 is 2. The van der Waals surface area contributed by atoms with Gasteiger partial charge in [0.15, 0.2) is 0 Å². The highest BCUT2D eigenvalue weighted by Crippen LogP contribution is 2.53. The van der Waals surface area contributed by atoms with Crippen molar-refractivity contribution in [2.75, 3.05) is 34.0 Å². The largest absolute Gasteiger partial charge is 0.384 e. The Balaban J connectivity index is 0.000000845. The van der Waals surface area contributed by atoms with E-state index in [0.29, 0.717) is 11.0 Å². The monoisotopic (exact) mass is 207 g/mol. The fourth-order valence-electron chi connectivity index (χ4n) is 2.90. The number of halogens is 1. The molecule has 4 heteroatoms. The molecule has 78 valence electrons. The second-order valence-electron chi connectivity index (χ2n) is 4.35. The van der Waals surface area contributed by atoms with Crippen molar-refractivity contribution < 1.29 is 9.47 Å². The lowest BCUT2D eigenvalue weighted by Gasteiger charge is -2.45. The molecule has 13 heavy (non-hydrogen) atoms. The molecule has 0 radical (unpaired) electrons. The maximum Gasteiger partial charge on any atom is 0.0644 e. The van der Waals surface area contributed by atoms with Crippen molar-refractivity contribution in [3.63, 3.8) is 0 Å². The minimum absolute atomic E-state index is 0. The standard InChI is InChI=1S/C9H17NO2.ClH/c1-11-6-8-3-9(4-8,7-12-2)10-5-8;/h10H,3-7H2,1-2H3;1H. The molecule has 3 nitrogen and oxygen atoms in total. The van der Waals surface area contributed by atoms with Crippen LogP contribution in [-0.2, 0) is 9.47 Å². The molecule has 3 rings (SSSR count). The van der Waals surface area contributed by atoms with Gasteiger partial charge in [0.2, 0.25) is 0 Å². The van der Waals surface area contributed by atoms with E-state index in [4.69, 9.17) is 9.47 Å². The summed E-state index contributed by atoms with van der Waals surface area (Å²) in [7, 11) is 3.55. The Morgan fingerprint density at radius 3 is 2.31 bits per heavy atom. The summed E-state index contributed by atoms with van der Waals surface area (Å²) in [5, 5.41) is 3.53. The van der Waals surface area contributed by atoms with Gasteiger partial charge in [-0.15, -0.1) is 12.4 Å². The molecule has 0 aromatic rings. The Morgan fingerprint density at radius 2 is 1.77 bits per heavy atom. The number of hydrogen-bond acceptors (Lipinski definition) is 3. The van der Waals surface area contributed by atoms with Gasteiger partial charge in [-0.1, -0.05) is 0 Å². The molecule has 3 aliphatic rings. The number of ether oxygens (including phenoxy) is 2. The number of nitrogens with one attached hydrogen (secondary N) is 1. The summed E-state index contributed by atoms with van der Waals surface area (Å²) in [5.41, 5.74) is 0.737. The van der Waals surface area contributed by atoms with Crippen LogP contribution in [0.2, 0.25) is 0 Å². The van der Waals surface area contributed by atoms with Gasteiger partial charge in [0.05, 0.1) is 13.2 Å². The van der Waals surface area contributed by atoms with E-state index in [1.165, 1.54) is 12.8 Å². The highest BCUT2D eigenvalue weighted by molar-refractivity contribution is 5.85. The van der Waals surface area contributed by atoms with Crippen LogP contribution in [-0.4, -0.2) is 39.5 Å². The topological polar surface area (TPSA) is 30.5 Å². The van der Waals surface area contributed by atoms with Gasteiger partial charge in [0.25, 0.3) is 0 Å². The van der Waals surface area contributed by atoms with E-state index < -0.39 is 0 Å². The Bertz CT molecular complexity index is 162. The van der Waals surface area contributed by atoms with Crippen molar-refractivity contribution in [2.45, 2.75) is 18.4 Å². The molecular formula is C9H18ClNO2. The Kier molecular flexibility index (Phi) is 3.23. The summed E-state index contributed by atoms with van der Waals surface area (Å²) in [6.45, 7) is 2.84. The minimum atomic E-state index is 0. The van der Waals surface area contributed by atoms with Crippen molar-refractivity contribution in [2.24, 2.45) is 5.41 Å². The number of hydrogen-bond donors (Lipinski definition) is 1. The van der Waals surface area contributed by atoms with E-state index in [-0.39, 0.29) is 12.4 Å². The van der Waals surface area contributed by atoms with Crippen molar-refractivity contribution in [3.8, 4) is 0 Å². The van der Waals surface area contributed by atoms with Gasteiger partial charge in [0.1, 0.15) is 0 Å². The Labute approximate surface area is 85.6 Å². The zero-order valence-corrected chi connectivity index (χ0v) is 9.08. The maximum absolute atomic E-state index is 5.21. The van der Waals surface area contributed by atoms with Crippen LogP contribution in [0, 0.1) is 5.41 Å². The Hall–Kier alpha value is 0.170. The first-order chi connectivity index (χ1) is 5.74. The minimum Gasteiger partial charge on any atom is -0.384 e. The van der Waals surface area contributed by atoms with Crippen LogP contribution in [0.5, 0.6) is 0 Å². The van der Waals surface area contributed by atoms with Crippen LogP contribution in [0.1, 0.15) is 12.8 Å². The molecule has 2 bridgehead atoms. The first-order valence-corrected chi connectivity index (χ1v) is 4.47. The van der Waals surface area contributed by atoms with Crippen LogP contribution in [0.15, 0.2) is 0 Å². The lowest BCUT2D eigenvalue weighted by atomic mass is 9.63. The molecule has 3 fully saturated rings. The van der Waals surface area contributed by atoms with Crippen molar-refractivity contribution >= 4 is 12.4 Å². The third kappa shape index (κ3) is 1.71. The molecule has 2 saturated heterocycles. The van der Waals surface area contributed by atoms with Crippen LogP contribution >= 0.6 is 12.4 Å². The summed E-state index contributed by atoms with van der Waals surface area (Å²) in [6.07, 6.45) is 2.45. The van der Waals surface area contributed by atoms with E-state index in [1.807, 2.05) is 0 Å². The maximum atomic E-state index is 5.21. The zero-order chi connectivity index (χ0) is 8.66. The third-order valence-corrected chi connectivity index (χ3v) is 3.14. The molecule has 2 aliphatic heterocycles. The smallest absolute Gasteiger partial charge is 0.0644 e. The van der Waals surface area contributed by atoms with Crippen molar-refractivity contribution in [1.29, 1.82) is 0 Å². The first kappa shape index (κ1) is 11.2. The molecule has 0 amide bonds. The normalized spacial score (nSPS) is 41.1. The summed E-state index contributed by atoms with van der Waals surface area (Å²) in [5.74, 6) is 0. The molecule has 0 aromatic heterocycles. The lowest BCUT2D eigenvalue weighted by molar-refractivity contribution is -0.0132. The van der Waals surface area contributed by atoms with E-state index in [1.54, 1.807) is 14.2 Å². The summed E-state index contributed by atoms with van der Waals surface area (Å²) in [6, 6.07) is 0. The quantitative estimate of drug-likeness (QED) is 0.741. The highest BCUT2D eigenvalue weighted by Gasteiger charge is 2.60. The second-order valence-corrected chi connectivity index (χ2v) is 4.35. The van der Waals surface area contributed by atoms with Crippen LogP contribution in [0.25, 0.3) is 0 Å². The summed E-state index contributed by atoms with van der Waals surface area (Å²) >= 11 is 0. The molecule has 0 spiro atoms. The fraction of sp³-hybridized carbons (Fsp3) is 1.00. The molecule has 1 saturated carbocycles. The predicted molar refractivity (Wildman–Crippen MR) is 53.4 cm³/mol. The van der Waals surface area contributed by atoms with E-state index in [2.05, 4.69) is 5.32 Å². The third-order valence-electron chi connectivity index (χ3n) is 3.14. The number of fused-ring (bicyclic) bond motifs is 1. The fourth-order valence-corrected chi connectivity index (χ4v) is 2.90. The van der Waals surface area contributed by atoms with Gasteiger partial charge >= 0.3 is 0 Å². The van der Waals surface area contributed by atoms with Gasteiger partial charge in [-0.2, -0.15) is 0 Å². The van der Waals surface area contributed by atoms with Gasteiger partial charge in [-0.05, 0) is 12.8 Å². The Morgan fingerprint density at radius 1 is 1.15 bits per heavy atom. The number of rotatable bonds is 4. The molecule has 1 aliphatic carbocycles. The SMILES string of the molecule is COCC12CNC(COC)(C1)C2.Cl. The van der Waals surface area contributed by atoms with Crippen LogP contribution in [0.4, 0.5) is 0 Å². The molecule has 0 aromatic carbocycles. The van der Waals surface area contributed by atoms with E-state index in [0.717, 1.165) is 19.8 Å². The van der Waals surface area contributed by atoms with Gasteiger partial charge < -0.3 is 14.8 Å². The van der Waals surface area contributed by atoms with Crippen LogP contribution in [0.3, 0.4) is 0 Å². The summed E-state index contributed by atoms with van der Waals surface area (Å²) < 4.78 is 10.4. The van der Waals surface area contributed by atoms with Crippen molar-refractivity contribution in [3.05, 3.63) is 0 Å². The highest BCUT2D eigenvalue weighted by atomic mass is 35.5. The van der Waals surface area contributed by atoms with Crippen molar-refractivity contribution in [1.82, 2.24) is 5.32 Å². The molecule has 0 atom stereocenters. The van der Waals surface area contributed by atoms with Crippen LogP contribution < -0.4 is 5.32 Å². The van der Waals surface area contributed by atoms with Gasteiger partial charge in [0, 0.05) is 31.7 Å². The van der Waals surface area contributed by atoms with E-state index in [9.17, 15) is 0 Å². The van der Waals surface area contributed by atoms with E-state index >= 15 is 0 Å². The molecule has 2 heterocycles. The second kappa shape index (κ2) is 3.73. The molecular weight excluding hydrogens is 190 g/mol. The van der Waals surface area contributed by atoms with Gasteiger partial charge in [-0.3, -0.25) is 0 Å². The molecule has 1 N–H and O–H groups in total. The van der Waals surface area contributed by atoms with Gasteiger partial charge in [-0.25, -0.2) is 0 Å². The average Bonchev–Trinajstić information content (AvgIpc) is 2.44.